The molecule has 1 aromatic heterocycles. The van der Waals surface area contributed by atoms with Crippen LogP contribution in [0.15, 0.2) is 12.3 Å². The number of amides is 1. The number of piperidine rings is 1. The van der Waals surface area contributed by atoms with E-state index in [1.807, 2.05) is 6.07 Å². The Morgan fingerprint density at radius 1 is 1.14 bits per heavy atom. The Hall–Kier alpha value is -1.65. The Morgan fingerprint density at radius 2 is 1.86 bits per heavy atom. The van der Waals surface area contributed by atoms with Crippen molar-refractivity contribution >= 4 is 11.9 Å². The Balaban J connectivity index is 1.54. The average Bonchev–Trinajstić information content (AvgIpc) is 2.61. The molecule has 1 N–H and O–H groups in total. The first-order valence-electron chi connectivity index (χ1n) is 8.67. The molecule has 0 radical (unpaired) electrons. The van der Waals surface area contributed by atoms with Gasteiger partial charge in [0.25, 0.3) is 0 Å². The van der Waals surface area contributed by atoms with Gasteiger partial charge in [-0.3, -0.25) is 4.79 Å². The molecule has 1 aliphatic heterocycles. The molecule has 1 aliphatic carbocycles. The predicted octanol–water partition coefficient (Wildman–Crippen LogP) is 2.66. The third-order valence-electron chi connectivity index (χ3n) is 4.76. The van der Waals surface area contributed by atoms with E-state index in [-0.39, 0.29) is 11.8 Å². The molecule has 2 heterocycles. The van der Waals surface area contributed by atoms with E-state index in [0.717, 1.165) is 37.6 Å². The van der Waals surface area contributed by atoms with E-state index >= 15 is 0 Å². The normalized spacial score (nSPS) is 19.9. The van der Waals surface area contributed by atoms with Gasteiger partial charge in [0.2, 0.25) is 11.9 Å². The van der Waals surface area contributed by atoms with Crippen molar-refractivity contribution in [3.8, 4) is 0 Å². The number of carbonyl (C=O) groups excluding carboxylic acids is 1. The molecule has 1 saturated heterocycles. The van der Waals surface area contributed by atoms with Gasteiger partial charge in [-0.05, 0) is 38.2 Å². The summed E-state index contributed by atoms with van der Waals surface area (Å²) < 4.78 is 0. The van der Waals surface area contributed by atoms with Gasteiger partial charge in [-0.15, -0.1) is 0 Å². The lowest BCUT2D eigenvalue weighted by Crippen LogP contribution is -2.33. The lowest BCUT2D eigenvalue weighted by atomic mass is 9.89. The minimum atomic E-state index is 0.192. The first kappa shape index (κ1) is 15.3. The molecule has 0 bridgehead atoms. The van der Waals surface area contributed by atoms with Crippen LogP contribution >= 0.6 is 0 Å². The predicted molar refractivity (Wildman–Crippen MR) is 86.5 cm³/mol. The number of aromatic nitrogens is 2. The summed E-state index contributed by atoms with van der Waals surface area (Å²) in [6, 6.07) is 1.90. The Labute approximate surface area is 132 Å². The lowest BCUT2D eigenvalue weighted by Gasteiger charge is -2.26. The van der Waals surface area contributed by atoms with Crippen molar-refractivity contribution in [2.75, 3.05) is 18.0 Å². The van der Waals surface area contributed by atoms with Gasteiger partial charge < -0.3 is 10.2 Å². The average molecular weight is 302 g/mol. The summed E-state index contributed by atoms with van der Waals surface area (Å²) in [6.45, 7) is 2.59. The maximum absolute atomic E-state index is 12.2. The van der Waals surface area contributed by atoms with Crippen molar-refractivity contribution in [2.45, 2.75) is 57.9 Å². The van der Waals surface area contributed by atoms with Crippen LogP contribution in [0.25, 0.3) is 0 Å². The summed E-state index contributed by atoms with van der Waals surface area (Å²) >= 11 is 0. The number of rotatable bonds is 4. The molecule has 1 saturated carbocycles. The maximum atomic E-state index is 12.2. The largest absolute Gasteiger partial charge is 0.350 e. The van der Waals surface area contributed by atoms with Gasteiger partial charge in [0, 0.05) is 25.2 Å². The smallest absolute Gasteiger partial charge is 0.225 e. The number of nitrogens with one attached hydrogen (secondary N) is 1. The first-order chi connectivity index (χ1) is 10.8. The number of hydrogen-bond acceptors (Lipinski definition) is 4. The second-order valence-corrected chi connectivity index (χ2v) is 6.45. The van der Waals surface area contributed by atoms with Crippen molar-refractivity contribution in [1.82, 2.24) is 15.3 Å². The quantitative estimate of drug-likeness (QED) is 0.929. The third-order valence-corrected chi connectivity index (χ3v) is 4.76. The van der Waals surface area contributed by atoms with Crippen molar-refractivity contribution in [3.05, 3.63) is 18.0 Å². The van der Waals surface area contributed by atoms with E-state index in [1.54, 1.807) is 6.20 Å². The Kier molecular flexibility index (Phi) is 5.24. The molecule has 1 amide bonds. The molecule has 0 unspecified atom stereocenters. The van der Waals surface area contributed by atoms with Crippen molar-refractivity contribution in [3.63, 3.8) is 0 Å². The summed E-state index contributed by atoms with van der Waals surface area (Å²) in [4.78, 5) is 23.4. The maximum Gasteiger partial charge on any atom is 0.225 e. The topological polar surface area (TPSA) is 58.1 Å². The molecule has 0 aromatic carbocycles. The highest BCUT2D eigenvalue weighted by molar-refractivity contribution is 5.78. The van der Waals surface area contributed by atoms with Crippen LogP contribution in [0, 0.1) is 5.92 Å². The van der Waals surface area contributed by atoms with E-state index in [2.05, 4.69) is 20.2 Å². The fraction of sp³-hybridized carbons (Fsp3) is 0.706. The molecule has 2 fully saturated rings. The molecule has 22 heavy (non-hydrogen) atoms. The summed E-state index contributed by atoms with van der Waals surface area (Å²) in [7, 11) is 0. The van der Waals surface area contributed by atoms with E-state index in [1.165, 1.54) is 38.5 Å². The molecule has 3 rings (SSSR count). The van der Waals surface area contributed by atoms with Crippen molar-refractivity contribution in [2.24, 2.45) is 5.92 Å². The van der Waals surface area contributed by atoms with Gasteiger partial charge in [-0.1, -0.05) is 19.3 Å². The van der Waals surface area contributed by atoms with Crippen LogP contribution in [-0.2, 0) is 11.3 Å². The van der Waals surface area contributed by atoms with Gasteiger partial charge in [-0.2, -0.15) is 0 Å². The number of carbonyl (C=O) groups is 1. The monoisotopic (exact) mass is 302 g/mol. The molecule has 0 atom stereocenters. The van der Waals surface area contributed by atoms with Crippen LogP contribution in [0.1, 0.15) is 57.1 Å². The zero-order valence-electron chi connectivity index (χ0n) is 13.3. The van der Waals surface area contributed by atoms with E-state index in [4.69, 9.17) is 0 Å². The van der Waals surface area contributed by atoms with Crippen LogP contribution in [0.5, 0.6) is 0 Å². The summed E-state index contributed by atoms with van der Waals surface area (Å²) in [5, 5.41) is 3.05. The summed E-state index contributed by atoms with van der Waals surface area (Å²) in [5.41, 5.74) is 0.903. The zero-order chi connectivity index (χ0) is 15.2. The van der Waals surface area contributed by atoms with Crippen LogP contribution in [0.2, 0.25) is 0 Å². The molecule has 0 spiro atoms. The SMILES string of the molecule is O=C(NCc1ccnc(N2CCCCC2)n1)C1CCCCC1. The van der Waals surface area contributed by atoms with Gasteiger partial charge in [-0.25, -0.2) is 9.97 Å². The van der Waals surface area contributed by atoms with Gasteiger partial charge >= 0.3 is 0 Å². The first-order valence-corrected chi connectivity index (χ1v) is 8.67. The van der Waals surface area contributed by atoms with Crippen LogP contribution < -0.4 is 10.2 Å². The third kappa shape index (κ3) is 3.96. The zero-order valence-corrected chi connectivity index (χ0v) is 13.3. The molecular formula is C17H26N4O. The van der Waals surface area contributed by atoms with E-state index in [0.29, 0.717) is 6.54 Å². The van der Waals surface area contributed by atoms with Crippen LogP contribution in [-0.4, -0.2) is 29.0 Å². The molecule has 2 aliphatic rings. The fourth-order valence-electron chi connectivity index (χ4n) is 3.42. The van der Waals surface area contributed by atoms with Crippen LogP contribution in [0.4, 0.5) is 5.95 Å². The minimum absolute atomic E-state index is 0.192. The highest BCUT2D eigenvalue weighted by Crippen LogP contribution is 2.23. The van der Waals surface area contributed by atoms with Gasteiger partial charge in [0.15, 0.2) is 0 Å². The van der Waals surface area contributed by atoms with Crippen molar-refractivity contribution in [1.29, 1.82) is 0 Å². The Bertz CT molecular complexity index is 493. The highest BCUT2D eigenvalue weighted by atomic mass is 16.1. The molecule has 5 heteroatoms. The lowest BCUT2D eigenvalue weighted by molar-refractivity contribution is -0.126. The number of anilines is 1. The highest BCUT2D eigenvalue weighted by Gasteiger charge is 2.21. The van der Waals surface area contributed by atoms with Gasteiger partial charge in [0.1, 0.15) is 0 Å². The van der Waals surface area contributed by atoms with Gasteiger partial charge in [0.05, 0.1) is 12.2 Å². The number of hydrogen-bond donors (Lipinski definition) is 1. The van der Waals surface area contributed by atoms with E-state index < -0.39 is 0 Å². The molecule has 1 aromatic rings. The Morgan fingerprint density at radius 3 is 2.64 bits per heavy atom. The van der Waals surface area contributed by atoms with E-state index in [9.17, 15) is 4.79 Å². The molecule has 5 nitrogen and oxygen atoms in total. The van der Waals surface area contributed by atoms with Crippen molar-refractivity contribution < 1.29 is 4.79 Å². The minimum Gasteiger partial charge on any atom is -0.350 e. The summed E-state index contributed by atoms with van der Waals surface area (Å²) in [6.07, 6.45) is 11.2. The molecule has 120 valence electrons. The second-order valence-electron chi connectivity index (χ2n) is 6.45. The number of nitrogens with zero attached hydrogens (tertiary/aromatic N) is 3. The molecular weight excluding hydrogens is 276 g/mol. The fourth-order valence-corrected chi connectivity index (χ4v) is 3.42. The van der Waals surface area contributed by atoms with Crippen LogP contribution in [0.3, 0.4) is 0 Å². The summed E-state index contributed by atoms with van der Waals surface area (Å²) in [5.74, 6) is 1.21. The second kappa shape index (κ2) is 7.56. The standard InChI is InChI=1S/C17H26N4O/c22-16(14-7-3-1-4-8-14)19-13-15-9-10-18-17(20-15)21-11-5-2-6-12-21/h9-10,14H,1-8,11-13H2,(H,19,22).